The quantitative estimate of drug-likeness (QED) is 0.592. The van der Waals surface area contributed by atoms with Crippen LogP contribution in [-0.2, 0) is 14.6 Å². The first kappa shape index (κ1) is 18.6. The van der Waals surface area contributed by atoms with Gasteiger partial charge in [-0.2, -0.15) is 0 Å². The highest BCUT2D eigenvalue weighted by Gasteiger charge is 2.33. The molecule has 1 aliphatic heterocycles. The van der Waals surface area contributed by atoms with Crippen LogP contribution in [0.4, 0.5) is 0 Å². The fourth-order valence-corrected chi connectivity index (χ4v) is 5.96. The third kappa shape index (κ3) is 4.13. The maximum Gasteiger partial charge on any atom is 0.308 e. The predicted octanol–water partition coefficient (Wildman–Crippen LogP) is 2.68. The normalized spacial score (nSPS) is 19.6. The lowest BCUT2D eigenvalue weighted by atomic mass is 10.1. The summed E-state index contributed by atoms with van der Waals surface area (Å²) in [5.41, 5.74) is 0.438. The minimum atomic E-state index is -3.29. The first-order valence-electron chi connectivity index (χ1n) is 8.19. The Morgan fingerprint density at radius 2 is 1.88 bits per heavy atom. The maximum atomic E-state index is 12.7. The summed E-state index contributed by atoms with van der Waals surface area (Å²) in [6.07, 6.45) is 0.389. The van der Waals surface area contributed by atoms with Gasteiger partial charge in [-0.15, -0.1) is 11.3 Å². The Morgan fingerprint density at radius 3 is 2.50 bits per heavy atom. The van der Waals surface area contributed by atoms with E-state index in [1.807, 2.05) is 17.5 Å². The van der Waals surface area contributed by atoms with Crippen molar-refractivity contribution in [2.75, 3.05) is 18.8 Å². The molecule has 26 heavy (non-hydrogen) atoms. The summed E-state index contributed by atoms with van der Waals surface area (Å²) >= 11 is 1.43. The fourth-order valence-electron chi connectivity index (χ4n) is 2.96. The van der Waals surface area contributed by atoms with Gasteiger partial charge in [-0.1, -0.05) is 6.07 Å². The van der Waals surface area contributed by atoms with Crippen molar-refractivity contribution in [3.05, 3.63) is 52.2 Å². The van der Waals surface area contributed by atoms with Crippen molar-refractivity contribution in [1.29, 1.82) is 0 Å². The molecule has 2 heterocycles. The van der Waals surface area contributed by atoms with Crippen molar-refractivity contribution < 1.29 is 22.7 Å². The van der Waals surface area contributed by atoms with E-state index in [2.05, 4.69) is 0 Å². The third-order valence-electron chi connectivity index (χ3n) is 4.25. The Morgan fingerprint density at radius 1 is 1.15 bits per heavy atom. The Balaban J connectivity index is 1.74. The number of sulfone groups is 1. The van der Waals surface area contributed by atoms with Crippen LogP contribution < -0.4 is 4.74 Å². The van der Waals surface area contributed by atoms with Gasteiger partial charge in [0.05, 0.1) is 11.0 Å². The van der Waals surface area contributed by atoms with E-state index in [1.54, 1.807) is 29.2 Å². The molecule has 0 radical (unpaired) electrons. The van der Waals surface area contributed by atoms with E-state index in [0.29, 0.717) is 24.3 Å². The standard InChI is InChI=1S/C18H19NO5S2/c1-13(20)24-15-6-4-14(5-7-15)18(21)19-9-8-17(16-3-2-11-25-16)26(22,23)12-10-19/h2-7,11,17H,8-10,12H2,1H3. The fraction of sp³-hybridized carbons (Fsp3) is 0.333. The van der Waals surface area contributed by atoms with E-state index in [9.17, 15) is 18.0 Å². The molecule has 3 rings (SSSR count). The zero-order valence-corrected chi connectivity index (χ0v) is 15.9. The second-order valence-electron chi connectivity index (χ2n) is 6.07. The van der Waals surface area contributed by atoms with Crippen LogP contribution in [0.2, 0.25) is 0 Å². The molecule has 138 valence electrons. The zero-order valence-electron chi connectivity index (χ0n) is 14.3. The van der Waals surface area contributed by atoms with E-state index in [4.69, 9.17) is 4.74 Å². The molecule has 1 aromatic carbocycles. The number of thiophene rings is 1. The van der Waals surface area contributed by atoms with Gasteiger partial charge < -0.3 is 9.64 Å². The summed E-state index contributed by atoms with van der Waals surface area (Å²) in [7, 11) is -3.29. The first-order chi connectivity index (χ1) is 12.4. The molecule has 0 N–H and O–H groups in total. The molecule has 1 aliphatic rings. The van der Waals surface area contributed by atoms with Crippen LogP contribution in [-0.4, -0.2) is 44.0 Å². The predicted molar refractivity (Wildman–Crippen MR) is 99.1 cm³/mol. The van der Waals surface area contributed by atoms with Gasteiger partial charge in [0.15, 0.2) is 9.84 Å². The molecule has 0 aliphatic carbocycles. The SMILES string of the molecule is CC(=O)Oc1ccc(C(=O)N2CCC(c3cccs3)S(=O)(=O)CC2)cc1. The summed E-state index contributed by atoms with van der Waals surface area (Å²) in [4.78, 5) is 26.1. The number of benzene rings is 1. The molecule has 2 aromatic rings. The zero-order chi connectivity index (χ0) is 18.7. The van der Waals surface area contributed by atoms with Crippen LogP contribution in [0.3, 0.4) is 0 Å². The van der Waals surface area contributed by atoms with Gasteiger partial charge in [0.2, 0.25) is 0 Å². The van der Waals surface area contributed by atoms with Crippen molar-refractivity contribution in [1.82, 2.24) is 4.90 Å². The average molecular weight is 393 g/mol. The van der Waals surface area contributed by atoms with Gasteiger partial charge in [-0.25, -0.2) is 8.42 Å². The summed E-state index contributed by atoms with van der Waals surface area (Å²) in [5.74, 6) is -0.333. The number of carbonyl (C=O) groups is 2. The van der Waals surface area contributed by atoms with Crippen LogP contribution in [0.15, 0.2) is 41.8 Å². The molecule has 1 fully saturated rings. The maximum absolute atomic E-state index is 12.7. The van der Waals surface area contributed by atoms with E-state index in [-0.39, 0.29) is 18.2 Å². The number of ether oxygens (including phenoxy) is 1. The Labute approximate surface area is 156 Å². The van der Waals surface area contributed by atoms with Gasteiger partial charge >= 0.3 is 5.97 Å². The molecule has 8 heteroatoms. The molecule has 1 saturated heterocycles. The molecule has 1 aromatic heterocycles. The molecular formula is C18H19NO5S2. The number of hydrogen-bond donors (Lipinski definition) is 0. The second-order valence-corrected chi connectivity index (χ2v) is 9.35. The van der Waals surface area contributed by atoms with E-state index in [0.717, 1.165) is 4.88 Å². The number of esters is 1. The van der Waals surface area contributed by atoms with Crippen molar-refractivity contribution in [3.63, 3.8) is 0 Å². The van der Waals surface area contributed by atoms with Gasteiger partial charge in [0.1, 0.15) is 5.75 Å². The summed E-state index contributed by atoms with van der Waals surface area (Å²) < 4.78 is 30.1. The second kappa shape index (κ2) is 7.59. The van der Waals surface area contributed by atoms with Crippen LogP contribution >= 0.6 is 11.3 Å². The average Bonchev–Trinajstić information content (AvgIpc) is 3.06. The lowest BCUT2D eigenvalue weighted by Gasteiger charge is -2.20. The molecular weight excluding hydrogens is 374 g/mol. The highest BCUT2D eigenvalue weighted by molar-refractivity contribution is 7.91. The van der Waals surface area contributed by atoms with Crippen LogP contribution in [0.1, 0.15) is 33.8 Å². The minimum Gasteiger partial charge on any atom is -0.427 e. The lowest BCUT2D eigenvalue weighted by molar-refractivity contribution is -0.131. The van der Waals surface area contributed by atoms with Crippen LogP contribution in [0, 0.1) is 0 Å². The van der Waals surface area contributed by atoms with E-state index in [1.165, 1.54) is 18.3 Å². The van der Waals surface area contributed by atoms with Crippen molar-refractivity contribution in [3.8, 4) is 5.75 Å². The first-order valence-corrected chi connectivity index (χ1v) is 10.8. The molecule has 1 unspecified atom stereocenters. The summed E-state index contributed by atoms with van der Waals surface area (Å²) in [5, 5.41) is 1.32. The smallest absolute Gasteiger partial charge is 0.308 e. The van der Waals surface area contributed by atoms with E-state index >= 15 is 0 Å². The highest BCUT2D eigenvalue weighted by Crippen LogP contribution is 2.32. The third-order valence-corrected chi connectivity index (χ3v) is 7.49. The highest BCUT2D eigenvalue weighted by atomic mass is 32.2. The van der Waals surface area contributed by atoms with E-state index < -0.39 is 21.1 Å². The number of nitrogens with zero attached hydrogens (tertiary/aromatic N) is 1. The molecule has 1 atom stereocenters. The molecule has 1 amide bonds. The number of amides is 1. The van der Waals surface area contributed by atoms with Crippen molar-refractivity contribution in [2.45, 2.75) is 18.6 Å². The summed E-state index contributed by atoms with van der Waals surface area (Å²) in [6.45, 7) is 1.86. The van der Waals surface area contributed by atoms with Gasteiger partial charge in [0.25, 0.3) is 5.91 Å². The number of rotatable bonds is 3. The van der Waals surface area contributed by atoms with Gasteiger partial charge in [-0.3, -0.25) is 9.59 Å². The summed E-state index contributed by atoms with van der Waals surface area (Å²) in [6, 6.07) is 9.94. The Kier molecular flexibility index (Phi) is 5.43. The monoisotopic (exact) mass is 393 g/mol. The van der Waals surface area contributed by atoms with Crippen LogP contribution in [0.5, 0.6) is 5.75 Å². The topological polar surface area (TPSA) is 80.8 Å². The van der Waals surface area contributed by atoms with Crippen molar-refractivity contribution in [2.24, 2.45) is 0 Å². The largest absolute Gasteiger partial charge is 0.427 e. The Hall–Kier alpha value is -2.19. The number of hydrogen-bond acceptors (Lipinski definition) is 6. The molecule has 0 bridgehead atoms. The minimum absolute atomic E-state index is 0.0488. The van der Waals surface area contributed by atoms with Crippen molar-refractivity contribution >= 4 is 33.1 Å². The van der Waals surface area contributed by atoms with Crippen LogP contribution in [0.25, 0.3) is 0 Å². The molecule has 0 spiro atoms. The van der Waals surface area contributed by atoms with Gasteiger partial charge in [0, 0.05) is 30.5 Å². The molecule has 0 saturated carbocycles. The van der Waals surface area contributed by atoms with Gasteiger partial charge in [-0.05, 0) is 42.1 Å². The lowest BCUT2D eigenvalue weighted by Crippen LogP contribution is -2.33. The molecule has 6 nitrogen and oxygen atoms in total. The Bertz CT molecular complexity index is 888. The number of carbonyl (C=O) groups excluding carboxylic acids is 2.